The number of hydrogen-bond acceptors (Lipinski definition) is 2. The molecule has 1 atom stereocenters. The number of hydrogen-bond donors (Lipinski definition) is 0. The van der Waals surface area contributed by atoms with Gasteiger partial charge in [-0.05, 0) is 108 Å². The summed E-state index contributed by atoms with van der Waals surface area (Å²) >= 11 is 0. The van der Waals surface area contributed by atoms with Crippen LogP contribution in [0.5, 0.6) is 11.5 Å². The minimum atomic E-state index is -0.0624. The molecule has 0 N–H and O–H groups in total. The molecule has 0 saturated heterocycles. The fourth-order valence-corrected chi connectivity index (χ4v) is 9.92. The molecule has 1 unspecified atom stereocenters. The third kappa shape index (κ3) is 9.48. The number of imidazole rings is 1. The predicted octanol–water partition coefficient (Wildman–Crippen LogP) is 16.9. The standard InChI is InChI=1S/C67H60N4O.Pt/c1-44(2)45(3)48-34-35-68-64(39-48)71-60-29-17-16-26-58(60)59-32-31-55(42-62(59)71)72-54-25-18-24-53(41-54)69-43-70(63-38-49(30-33-61(63)69)46-20-12-10-13-21-46)65-56(47-22-14-11-15-23-47)27-19-28-57(65)50-36-51(66(4,5)6)40-52(37-50)67(7,8)9;/h10-40,44-45H,1-9H3;/q-2;. The molecule has 0 fully saturated rings. The summed E-state index contributed by atoms with van der Waals surface area (Å²) in [4.78, 5) is 4.91. The third-order valence-corrected chi connectivity index (χ3v) is 14.4. The van der Waals surface area contributed by atoms with Gasteiger partial charge >= 0.3 is 0 Å². The van der Waals surface area contributed by atoms with Crippen molar-refractivity contribution in [2.75, 3.05) is 0 Å². The molecule has 0 amide bonds. The van der Waals surface area contributed by atoms with Gasteiger partial charge in [0.05, 0.1) is 16.7 Å². The van der Waals surface area contributed by atoms with Crippen LogP contribution >= 0.6 is 0 Å². The van der Waals surface area contributed by atoms with E-state index in [-0.39, 0.29) is 31.9 Å². The number of rotatable bonds is 10. The van der Waals surface area contributed by atoms with Gasteiger partial charge in [-0.2, -0.15) is 18.2 Å². The van der Waals surface area contributed by atoms with Crippen molar-refractivity contribution in [3.8, 4) is 62.1 Å². The zero-order valence-corrected chi connectivity index (χ0v) is 45.3. The van der Waals surface area contributed by atoms with E-state index in [9.17, 15) is 0 Å². The minimum Gasteiger partial charge on any atom is -0.510 e. The molecule has 3 aromatic heterocycles. The van der Waals surface area contributed by atoms with Gasteiger partial charge in [-0.15, -0.1) is 29.7 Å². The average Bonchev–Trinajstić information content (AvgIpc) is 3.93. The summed E-state index contributed by atoms with van der Waals surface area (Å²) in [6.45, 7) is 20.6. The van der Waals surface area contributed by atoms with Crippen LogP contribution in [0.15, 0.2) is 188 Å². The van der Waals surface area contributed by atoms with Crippen molar-refractivity contribution in [3.63, 3.8) is 0 Å². The van der Waals surface area contributed by atoms with E-state index in [1.54, 1.807) is 0 Å². The van der Waals surface area contributed by atoms with E-state index in [0.717, 1.165) is 77.8 Å². The second-order valence-corrected chi connectivity index (χ2v) is 21.6. The van der Waals surface area contributed by atoms with Crippen LogP contribution in [0.25, 0.3) is 83.4 Å². The normalized spacial score (nSPS) is 12.4. The molecule has 0 spiro atoms. The molecular weight excluding hydrogens is 1070 g/mol. The Kier molecular flexibility index (Phi) is 13.2. The first-order valence-electron chi connectivity index (χ1n) is 25.2. The molecule has 11 rings (SSSR count). The Bertz CT molecular complexity index is 3760. The SMILES string of the molecule is CC(C)C(C)c1ccnc(-n2c3[c-]c(Oc4[c-]c(-n5[c-][n+](-c6c(-c7ccccc7)cccc6-c6cc(C(C)(C)C)cc(C(C)(C)C)c6)c6cc(-c7ccccc7)ccc65)ccc4)ccc3c3ccccc32)c1.[Pt]. The number of aromatic nitrogens is 4. The molecular formula is C67H60N4OPt-2. The van der Waals surface area contributed by atoms with Crippen LogP contribution in [0, 0.1) is 24.4 Å². The van der Waals surface area contributed by atoms with Crippen LogP contribution in [-0.4, -0.2) is 14.1 Å². The summed E-state index contributed by atoms with van der Waals surface area (Å²) in [6, 6.07) is 72.3. The van der Waals surface area contributed by atoms with Crippen molar-refractivity contribution < 1.29 is 30.4 Å². The maximum absolute atomic E-state index is 6.76. The van der Waals surface area contributed by atoms with Crippen LogP contribution in [0.3, 0.4) is 0 Å². The van der Waals surface area contributed by atoms with E-state index >= 15 is 0 Å². The van der Waals surface area contributed by atoms with E-state index < -0.39 is 0 Å². The van der Waals surface area contributed by atoms with E-state index in [2.05, 4.69) is 258 Å². The fourth-order valence-electron chi connectivity index (χ4n) is 9.92. The zero-order valence-electron chi connectivity index (χ0n) is 43.1. The molecule has 0 radical (unpaired) electrons. The maximum atomic E-state index is 6.76. The average molecular weight is 1130 g/mol. The Morgan fingerprint density at radius 1 is 0.534 bits per heavy atom. The molecule has 0 bridgehead atoms. The first-order valence-corrected chi connectivity index (χ1v) is 25.2. The molecule has 366 valence electrons. The van der Waals surface area contributed by atoms with Gasteiger partial charge in [-0.3, -0.25) is 4.57 Å². The summed E-state index contributed by atoms with van der Waals surface area (Å²) in [6.07, 6.45) is 5.84. The second kappa shape index (κ2) is 19.6. The van der Waals surface area contributed by atoms with Gasteiger partial charge in [0.2, 0.25) is 0 Å². The maximum Gasteiger partial charge on any atom is 0.268 e. The Labute approximate surface area is 445 Å². The molecule has 0 aliphatic heterocycles. The number of ether oxygens (including phenoxy) is 1. The van der Waals surface area contributed by atoms with Crippen molar-refractivity contribution in [1.82, 2.24) is 14.1 Å². The van der Waals surface area contributed by atoms with Crippen molar-refractivity contribution in [1.29, 1.82) is 0 Å². The second-order valence-electron chi connectivity index (χ2n) is 21.6. The first-order chi connectivity index (χ1) is 34.7. The number of nitrogens with zero attached hydrogens (tertiary/aromatic N) is 4. The van der Waals surface area contributed by atoms with Crippen LogP contribution in [-0.2, 0) is 31.9 Å². The van der Waals surface area contributed by atoms with Crippen LogP contribution < -0.4 is 9.30 Å². The van der Waals surface area contributed by atoms with E-state index in [0.29, 0.717) is 23.3 Å². The summed E-state index contributed by atoms with van der Waals surface area (Å²) in [5.41, 5.74) is 16.3. The van der Waals surface area contributed by atoms with Gasteiger partial charge in [0.1, 0.15) is 5.82 Å². The van der Waals surface area contributed by atoms with Gasteiger partial charge in [0, 0.05) is 44.3 Å². The van der Waals surface area contributed by atoms with Gasteiger partial charge in [-0.1, -0.05) is 195 Å². The zero-order chi connectivity index (χ0) is 49.9. The van der Waals surface area contributed by atoms with Crippen LogP contribution in [0.2, 0.25) is 0 Å². The molecule has 0 saturated carbocycles. The molecule has 0 aliphatic carbocycles. The Morgan fingerprint density at radius 2 is 1.18 bits per heavy atom. The first kappa shape index (κ1) is 49.3. The smallest absolute Gasteiger partial charge is 0.268 e. The molecule has 0 aliphatic rings. The van der Waals surface area contributed by atoms with Gasteiger partial charge in [0.15, 0.2) is 0 Å². The van der Waals surface area contributed by atoms with E-state index in [4.69, 9.17) is 9.72 Å². The number of benzene rings is 8. The molecule has 73 heavy (non-hydrogen) atoms. The molecule has 3 heterocycles. The molecule has 11 aromatic rings. The number of fused-ring (bicyclic) bond motifs is 4. The van der Waals surface area contributed by atoms with Crippen LogP contribution in [0.4, 0.5) is 0 Å². The molecule has 5 nitrogen and oxygen atoms in total. The van der Waals surface area contributed by atoms with Gasteiger partial charge in [-0.25, -0.2) is 4.98 Å². The Balaban J connectivity index is 0.00000611. The van der Waals surface area contributed by atoms with Crippen molar-refractivity contribution in [2.45, 2.75) is 79.1 Å². The van der Waals surface area contributed by atoms with E-state index in [1.807, 2.05) is 24.4 Å². The Morgan fingerprint density at radius 3 is 1.88 bits per heavy atom. The number of pyridine rings is 1. The topological polar surface area (TPSA) is 35.9 Å². The Hall–Kier alpha value is -7.33. The number of para-hydroxylation sites is 2. The monoisotopic (exact) mass is 1130 g/mol. The quantitative estimate of drug-likeness (QED) is 0.101. The predicted molar refractivity (Wildman–Crippen MR) is 297 cm³/mol. The fraction of sp³-hybridized carbons (Fsp3) is 0.194. The molecule has 6 heteroatoms. The summed E-state index contributed by atoms with van der Waals surface area (Å²) in [5.74, 6) is 2.90. The van der Waals surface area contributed by atoms with Crippen molar-refractivity contribution >= 4 is 32.8 Å². The van der Waals surface area contributed by atoms with Gasteiger partial charge < -0.3 is 13.9 Å². The largest absolute Gasteiger partial charge is 0.510 e. The molecule has 8 aromatic carbocycles. The minimum absolute atomic E-state index is 0. The summed E-state index contributed by atoms with van der Waals surface area (Å²) < 4.78 is 13.4. The van der Waals surface area contributed by atoms with Crippen molar-refractivity contribution in [2.24, 2.45) is 5.92 Å². The van der Waals surface area contributed by atoms with E-state index in [1.165, 1.54) is 22.3 Å². The van der Waals surface area contributed by atoms with Crippen LogP contribution in [0.1, 0.15) is 84.9 Å². The third-order valence-electron chi connectivity index (χ3n) is 14.4. The van der Waals surface area contributed by atoms with Crippen molar-refractivity contribution in [3.05, 3.63) is 223 Å². The summed E-state index contributed by atoms with van der Waals surface area (Å²) in [5, 5.41) is 2.22. The van der Waals surface area contributed by atoms with Gasteiger partial charge in [0.25, 0.3) is 6.33 Å². The summed E-state index contributed by atoms with van der Waals surface area (Å²) in [7, 11) is 0.